The van der Waals surface area contributed by atoms with Gasteiger partial charge in [-0.05, 0) is 24.3 Å². The summed E-state index contributed by atoms with van der Waals surface area (Å²) < 4.78 is 36.8. The third kappa shape index (κ3) is 14.1. The summed E-state index contributed by atoms with van der Waals surface area (Å²) in [5.41, 5.74) is 2.90. The van der Waals surface area contributed by atoms with Crippen LogP contribution in [0.2, 0.25) is 5.02 Å². The van der Waals surface area contributed by atoms with Crippen molar-refractivity contribution in [2.45, 2.75) is 135 Å². The summed E-state index contributed by atoms with van der Waals surface area (Å²) in [6.07, 6.45) is 23.1. The van der Waals surface area contributed by atoms with E-state index in [9.17, 15) is 13.0 Å². The van der Waals surface area contributed by atoms with Gasteiger partial charge in [0.1, 0.15) is 10.1 Å². The summed E-state index contributed by atoms with van der Waals surface area (Å²) in [5.74, 6) is 0. The maximum Gasteiger partial charge on any atom is 0.124 e. The van der Waals surface area contributed by atoms with E-state index in [2.05, 4.69) is 43.5 Å². The van der Waals surface area contributed by atoms with Crippen molar-refractivity contribution >= 4 is 46.0 Å². The van der Waals surface area contributed by atoms with E-state index in [1.165, 1.54) is 145 Å². The molecule has 0 aliphatic rings. The van der Waals surface area contributed by atoms with Crippen molar-refractivity contribution in [1.82, 2.24) is 0 Å². The molecule has 0 aliphatic heterocycles. The zero-order valence-corrected chi connectivity index (χ0v) is 28.2. The van der Waals surface area contributed by atoms with Gasteiger partial charge in [0, 0.05) is 5.02 Å². The summed E-state index contributed by atoms with van der Waals surface area (Å²) in [6, 6.07) is 12.1. The van der Waals surface area contributed by atoms with Crippen molar-refractivity contribution in [3.63, 3.8) is 0 Å². The number of aryl methyl sites for hydroxylation is 3. The van der Waals surface area contributed by atoms with Crippen molar-refractivity contribution in [3.05, 3.63) is 57.6 Å². The van der Waals surface area contributed by atoms with Crippen LogP contribution in [0.3, 0.4) is 0 Å². The first-order valence-electron chi connectivity index (χ1n) is 15.3. The van der Waals surface area contributed by atoms with Crippen LogP contribution < -0.4 is 4.57 Å². The molecular formula is C33H50ClNO3SSe. The molecule has 0 bridgehead atoms. The Balaban J connectivity index is 0.000000425. The molecule has 0 unspecified atom stereocenters. The molecule has 7 heteroatoms. The SMILES string of the molecule is CCCCCCCCCCCCCCCCCC[n+]1c(C)[se]c2ccc(C)cc21.O=S(=O)([O-])c1ccc(Cl)cc1. The van der Waals surface area contributed by atoms with Gasteiger partial charge in [-0.15, -0.1) is 0 Å². The fraction of sp³-hybridized carbons (Fsp3) is 0.606. The second-order valence-electron chi connectivity index (χ2n) is 11.0. The molecule has 0 N–H and O–H groups in total. The van der Waals surface area contributed by atoms with E-state index in [1.54, 1.807) is 8.83 Å². The standard InChI is InChI=1S/C27H46NSe.C6H5ClO3S/c1-4-5-6-7-8-9-10-11-12-13-14-15-16-17-18-19-22-28-25(3)29-27-21-20-24(2)23-26(27)28;7-5-1-3-6(4-2-5)11(8,9)10/h20-21,23H,4-19,22H2,1-3H3;1-4H,(H,8,9,10)/q+1;/p-1. The number of nitrogens with zero attached hydrogens (tertiary/aromatic N) is 1. The van der Waals surface area contributed by atoms with Gasteiger partial charge in [-0.25, -0.2) is 8.42 Å². The van der Waals surface area contributed by atoms with Gasteiger partial charge in [-0.3, -0.25) is 0 Å². The molecule has 1 heterocycles. The number of unbranched alkanes of at least 4 members (excludes halogenated alkanes) is 15. The third-order valence-corrected chi connectivity index (χ3v) is 10.7. The van der Waals surface area contributed by atoms with Gasteiger partial charge in [-0.1, -0.05) is 63.5 Å². The van der Waals surface area contributed by atoms with E-state index in [-0.39, 0.29) is 4.90 Å². The van der Waals surface area contributed by atoms with Gasteiger partial charge in [0.25, 0.3) is 0 Å². The summed E-state index contributed by atoms with van der Waals surface area (Å²) in [6.45, 7) is 8.08. The van der Waals surface area contributed by atoms with Crippen molar-refractivity contribution in [2.75, 3.05) is 0 Å². The topological polar surface area (TPSA) is 61.1 Å². The first kappa shape index (κ1) is 35.0. The Morgan fingerprint density at radius 2 is 1.20 bits per heavy atom. The third-order valence-electron chi connectivity index (χ3n) is 7.38. The van der Waals surface area contributed by atoms with Crippen LogP contribution in [0.5, 0.6) is 0 Å². The minimum absolute atomic E-state index is 0.262. The molecule has 0 aliphatic carbocycles. The fourth-order valence-electron chi connectivity index (χ4n) is 5.01. The molecule has 0 spiro atoms. The number of hydrogen-bond donors (Lipinski definition) is 0. The molecule has 4 nitrogen and oxygen atoms in total. The Bertz CT molecular complexity index is 1210. The normalized spacial score (nSPS) is 11.5. The molecule has 0 atom stereocenters. The summed E-state index contributed by atoms with van der Waals surface area (Å²) >= 11 is 6.02. The number of hydrogen-bond acceptors (Lipinski definition) is 3. The van der Waals surface area contributed by atoms with Gasteiger partial charge in [0.05, 0.1) is 4.90 Å². The number of benzene rings is 2. The number of aromatic nitrogens is 1. The van der Waals surface area contributed by atoms with Gasteiger partial charge in [0.2, 0.25) is 0 Å². The zero-order chi connectivity index (χ0) is 29.2. The van der Waals surface area contributed by atoms with Crippen LogP contribution in [-0.2, 0) is 16.7 Å². The Morgan fingerprint density at radius 3 is 1.68 bits per heavy atom. The molecular weight excluding hydrogens is 605 g/mol. The average molecular weight is 655 g/mol. The minimum Gasteiger partial charge on any atom is -0.744 e. The smallest absolute Gasteiger partial charge is 0.124 e. The zero-order valence-electron chi connectivity index (χ0n) is 24.9. The number of rotatable bonds is 18. The van der Waals surface area contributed by atoms with Gasteiger partial charge >= 0.3 is 135 Å². The Kier molecular flexibility index (Phi) is 17.4. The largest absolute Gasteiger partial charge is 0.744 e. The predicted molar refractivity (Wildman–Crippen MR) is 170 cm³/mol. The maximum absolute atomic E-state index is 10.3. The summed E-state index contributed by atoms with van der Waals surface area (Å²) in [5, 5.41) is 0.400. The molecule has 224 valence electrons. The summed E-state index contributed by atoms with van der Waals surface area (Å²) in [7, 11) is -4.33. The van der Waals surface area contributed by atoms with Gasteiger partial charge < -0.3 is 4.55 Å². The predicted octanol–water partition coefficient (Wildman–Crippen LogP) is 9.31. The van der Waals surface area contributed by atoms with Crippen molar-refractivity contribution < 1.29 is 17.5 Å². The van der Waals surface area contributed by atoms with Crippen molar-refractivity contribution in [2.24, 2.45) is 0 Å². The molecule has 0 amide bonds. The fourth-order valence-corrected chi connectivity index (χ4v) is 7.76. The Morgan fingerprint density at radius 1 is 0.725 bits per heavy atom. The van der Waals surface area contributed by atoms with Crippen LogP contribution in [0.25, 0.3) is 9.78 Å². The second-order valence-corrected chi connectivity index (χ2v) is 15.4. The van der Waals surface area contributed by atoms with E-state index < -0.39 is 10.1 Å². The van der Waals surface area contributed by atoms with Crippen molar-refractivity contribution in [1.29, 1.82) is 0 Å². The molecule has 0 saturated heterocycles. The monoisotopic (exact) mass is 655 g/mol. The van der Waals surface area contributed by atoms with Crippen LogP contribution in [0.15, 0.2) is 47.4 Å². The van der Waals surface area contributed by atoms with E-state index in [4.69, 9.17) is 11.6 Å². The summed E-state index contributed by atoms with van der Waals surface area (Å²) in [4.78, 5) is -0.262. The molecule has 2 aromatic carbocycles. The Hall–Kier alpha value is -1.17. The van der Waals surface area contributed by atoms with Crippen molar-refractivity contribution in [3.8, 4) is 0 Å². The van der Waals surface area contributed by atoms with Crippen LogP contribution in [0.1, 0.15) is 120 Å². The average Bonchev–Trinajstić information content (AvgIpc) is 3.22. The van der Waals surface area contributed by atoms with Crippen LogP contribution >= 0.6 is 11.6 Å². The molecule has 0 saturated carbocycles. The first-order chi connectivity index (χ1) is 19.2. The van der Waals surface area contributed by atoms with E-state index in [1.807, 2.05) is 0 Å². The number of halogens is 1. The van der Waals surface area contributed by atoms with E-state index in [0.717, 1.165) is 0 Å². The first-order valence-corrected chi connectivity index (χ1v) is 18.8. The molecule has 40 heavy (non-hydrogen) atoms. The van der Waals surface area contributed by atoms with Crippen LogP contribution in [0.4, 0.5) is 0 Å². The molecule has 1 aromatic heterocycles. The molecule has 3 rings (SSSR count). The van der Waals surface area contributed by atoms with Crippen LogP contribution in [0, 0.1) is 13.8 Å². The number of fused-ring (bicyclic) bond motifs is 1. The maximum atomic E-state index is 10.3. The Labute approximate surface area is 255 Å². The van der Waals surface area contributed by atoms with Crippen LogP contribution in [-0.4, -0.2) is 27.5 Å². The minimum atomic E-state index is -4.33. The van der Waals surface area contributed by atoms with E-state index in [0.29, 0.717) is 19.5 Å². The van der Waals surface area contributed by atoms with E-state index >= 15 is 0 Å². The second kappa shape index (κ2) is 19.9. The van der Waals surface area contributed by atoms with Gasteiger partial charge in [-0.2, -0.15) is 0 Å². The quantitative estimate of drug-likeness (QED) is 0.0594. The molecule has 0 radical (unpaired) electrons. The molecule has 3 aromatic rings. The van der Waals surface area contributed by atoms with Gasteiger partial charge in [0.15, 0.2) is 0 Å². The molecule has 0 fully saturated rings.